The summed E-state index contributed by atoms with van der Waals surface area (Å²) < 4.78 is 0. The summed E-state index contributed by atoms with van der Waals surface area (Å²) in [6.07, 6.45) is -0.223. The minimum atomic E-state index is -1.20. The van der Waals surface area contributed by atoms with Gasteiger partial charge in [0, 0.05) is 22.3 Å². The van der Waals surface area contributed by atoms with Crippen LogP contribution in [0.2, 0.25) is 0 Å². The minimum Gasteiger partial charge on any atom is -0.293 e. The summed E-state index contributed by atoms with van der Waals surface area (Å²) in [5.74, 6) is -4.02. The van der Waals surface area contributed by atoms with E-state index in [1.54, 1.807) is 48.5 Å². The Bertz CT molecular complexity index is 1260. The van der Waals surface area contributed by atoms with E-state index in [0.29, 0.717) is 22.3 Å². The Balaban J connectivity index is 1.79. The molecule has 39 heavy (non-hydrogen) atoms. The van der Waals surface area contributed by atoms with Gasteiger partial charge in [-0.2, -0.15) is 0 Å². The van der Waals surface area contributed by atoms with E-state index in [1.165, 1.54) is 0 Å². The number of hydrogen-bond donors (Lipinski definition) is 0. The summed E-state index contributed by atoms with van der Waals surface area (Å²) in [6, 6.07) is 28.0. The van der Waals surface area contributed by atoms with E-state index in [2.05, 4.69) is 0 Å². The summed E-state index contributed by atoms with van der Waals surface area (Å²) in [5.41, 5.74) is 5.41. The van der Waals surface area contributed by atoms with Gasteiger partial charge in [-0.3, -0.25) is 19.2 Å². The molecule has 0 saturated heterocycles. The lowest BCUT2D eigenvalue weighted by molar-refractivity contribution is 0.0728. The molecular weight excluding hydrogens is 484 g/mol. The maximum atomic E-state index is 13.8. The summed E-state index contributed by atoms with van der Waals surface area (Å²) in [7, 11) is 0. The Hall–Kier alpha value is -4.44. The average molecular weight is 517 g/mol. The molecule has 0 aromatic heterocycles. The van der Waals surface area contributed by atoms with Crippen LogP contribution >= 0.6 is 0 Å². The number of carbonyl (C=O) groups is 4. The van der Waals surface area contributed by atoms with Crippen molar-refractivity contribution in [2.75, 3.05) is 0 Å². The molecule has 0 N–H and O–H groups in total. The van der Waals surface area contributed by atoms with Crippen LogP contribution in [0.4, 0.5) is 0 Å². The van der Waals surface area contributed by atoms with Gasteiger partial charge in [0.1, 0.15) is 0 Å². The number of aryl methyl sites for hydroxylation is 4. The molecule has 4 aromatic carbocycles. The molecule has 0 radical (unpaired) electrons. The molecule has 0 atom stereocenters. The lowest BCUT2D eigenvalue weighted by Crippen LogP contribution is -2.33. The first kappa shape index (κ1) is 27.6. The number of hydrogen-bond acceptors (Lipinski definition) is 4. The predicted octanol–water partition coefficient (Wildman–Crippen LogP) is 7.37. The Labute approximate surface area is 229 Å². The molecule has 196 valence electrons. The van der Waals surface area contributed by atoms with Crippen LogP contribution in [0.5, 0.6) is 0 Å². The minimum absolute atomic E-state index is 0.223. The van der Waals surface area contributed by atoms with Crippen LogP contribution in [0.1, 0.15) is 70.1 Å². The van der Waals surface area contributed by atoms with Crippen LogP contribution in [-0.4, -0.2) is 23.1 Å². The molecule has 0 aliphatic carbocycles. The molecule has 0 spiro atoms. The summed E-state index contributed by atoms with van der Waals surface area (Å²) in [5, 5.41) is 0. The molecule has 4 rings (SSSR count). The van der Waals surface area contributed by atoms with Crippen molar-refractivity contribution >= 4 is 23.1 Å². The third-order valence-corrected chi connectivity index (χ3v) is 7.08. The van der Waals surface area contributed by atoms with Gasteiger partial charge in [-0.1, -0.05) is 119 Å². The molecule has 0 saturated carbocycles. The Morgan fingerprint density at radius 1 is 0.385 bits per heavy atom. The maximum Gasteiger partial charge on any atom is 0.173 e. The van der Waals surface area contributed by atoms with Crippen LogP contribution in [-0.2, 0) is 0 Å². The molecule has 0 unspecified atom stereocenters. The van der Waals surface area contributed by atoms with Crippen molar-refractivity contribution in [2.24, 2.45) is 11.8 Å². The van der Waals surface area contributed by atoms with Crippen molar-refractivity contribution in [1.82, 2.24) is 0 Å². The molecule has 0 aliphatic rings. The van der Waals surface area contributed by atoms with Crippen LogP contribution in [0, 0.1) is 39.5 Å². The second-order valence-corrected chi connectivity index (χ2v) is 10.3. The first-order chi connectivity index (χ1) is 18.6. The third kappa shape index (κ3) is 6.53. The standard InChI is InChI=1S/C35H32O4/c1-22-5-13-26(14-6-22)32(36)30(33(37)27-15-7-23(2)8-16-27)21-31(34(38)28-17-9-24(3)10-18-28)35(39)29-19-11-25(4)12-20-29/h5-20,30-31H,21H2,1-4H3. The van der Waals surface area contributed by atoms with Crippen molar-refractivity contribution < 1.29 is 19.2 Å². The average Bonchev–Trinajstić information content (AvgIpc) is 2.94. The zero-order chi connectivity index (χ0) is 28.1. The highest BCUT2D eigenvalue weighted by Gasteiger charge is 2.37. The molecule has 4 heteroatoms. The lowest BCUT2D eigenvalue weighted by atomic mass is 9.77. The number of carbonyl (C=O) groups excluding carboxylic acids is 4. The van der Waals surface area contributed by atoms with Crippen molar-refractivity contribution in [3.05, 3.63) is 142 Å². The van der Waals surface area contributed by atoms with Gasteiger partial charge in [0.2, 0.25) is 0 Å². The normalized spacial score (nSPS) is 11.0. The SMILES string of the molecule is Cc1ccc(C(=O)C(CC(C(=O)c2ccc(C)cc2)C(=O)c2ccc(C)cc2)C(=O)c2ccc(C)cc2)cc1. The van der Waals surface area contributed by atoms with Gasteiger partial charge in [-0.05, 0) is 34.1 Å². The highest BCUT2D eigenvalue weighted by molar-refractivity contribution is 6.19. The highest BCUT2D eigenvalue weighted by Crippen LogP contribution is 2.28. The quantitative estimate of drug-likeness (QED) is 0.163. The van der Waals surface area contributed by atoms with Crippen LogP contribution < -0.4 is 0 Å². The Morgan fingerprint density at radius 2 is 0.564 bits per heavy atom. The van der Waals surface area contributed by atoms with Gasteiger partial charge >= 0.3 is 0 Å². The van der Waals surface area contributed by atoms with Gasteiger partial charge in [0.05, 0.1) is 11.8 Å². The molecule has 0 heterocycles. The first-order valence-corrected chi connectivity index (χ1v) is 13.1. The number of Topliss-reactive ketones (excluding diaryl/α,β-unsaturated/α-hetero) is 4. The fourth-order valence-corrected chi connectivity index (χ4v) is 4.58. The van der Waals surface area contributed by atoms with Crippen molar-refractivity contribution in [2.45, 2.75) is 34.1 Å². The number of rotatable bonds is 10. The van der Waals surface area contributed by atoms with Crippen LogP contribution in [0.25, 0.3) is 0 Å². The van der Waals surface area contributed by atoms with E-state index < -0.39 is 35.0 Å². The summed E-state index contributed by atoms with van der Waals surface area (Å²) in [6.45, 7) is 7.67. The summed E-state index contributed by atoms with van der Waals surface area (Å²) in [4.78, 5) is 55.3. The van der Waals surface area contributed by atoms with E-state index >= 15 is 0 Å². The fourth-order valence-electron chi connectivity index (χ4n) is 4.58. The summed E-state index contributed by atoms with van der Waals surface area (Å²) >= 11 is 0. The van der Waals surface area contributed by atoms with Gasteiger partial charge in [-0.15, -0.1) is 0 Å². The van der Waals surface area contributed by atoms with Crippen molar-refractivity contribution in [3.8, 4) is 0 Å². The van der Waals surface area contributed by atoms with Gasteiger partial charge in [0.15, 0.2) is 23.1 Å². The smallest absolute Gasteiger partial charge is 0.173 e. The Morgan fingerprint density at radius 3 is 0.744 bits per heavy atom. The van der Waals surface area contributed by atoms with Crippen LogP contribution in [0.15, 0.2) is 97.1 Å². The largest absolute Gasteiger partial charge is 0.293 e. The van der Waals surface area contributed by atoms with Crippen molar-refractivity contribution in [1.29, 1.82) is 0 Å². The second-order valence-electron chi connectivity index (χ2n) is 10.3. The van der Waals surface area contributed by atoms with E-state index in [-0.39, 0.29) is 6.42 Å². The second kappa shape index (κ2) is 12.0. The third-order valence-electron chi connectivity index (χ3n) is 7.08. The zero-order valence-corrected chi connectivity index (χ0v) is 22.7. The van der Waals surface area contributed by atoms with E-state index in [0.717, 1.165) is 22.3 Å². The molecule has 0 bridgehead atoms. The monoisotopic (exact) mass is 516 g/mol. The van der Waals surface area contributed by atoms with Gasteiger partial charge in [0.25, 0.3) is 0 Å². The van der Waals surface area contributed by atoms with E-state index in [4.69, 9.17) is 0 Å². The zero-order valence-electron chi connectivity index (χ0n) is 22.7. The van der Waals surface area contributed by atoms with E-state index in [9.17, 15) is 19.2 Å². The lowest BCUT2D eigenvalue weighted by Gasteiger charge is -2.21. The Kier molecular flexibility index (Phi) is 8.46. The first-order valence-electron chi connectivity index (χ1n) is 13.1. The number of ketones is 4. The predicted molar refractivity (Wildman–Crippen MR) is 154 cm³/mol. The van der Waals surface area contributed by atoms with E-state index in [1.807, 2.05) is 76.2 Å². The maximum absolute atomic E-state index is 13.8. The molecule has 4 aromatic rings. The van der Waals surface area contributed by atoms with Crippen molar-refractivity contribution in [3.63, 3.8) is 0 Å². The molecular formula is C35H32O4. The van der Waals surface area contributed by atoms with Gasteiger partial charge < -0.3 is 0 Å². The molecule has 4 nitrogen and oxygen atoms in total. The fraction of sp³-hybridized carbons (Fsp3) is 0.200. The topological polar surface area (TPSA) is 68.3 Å². The molecule has 0 aliphatic heterocycles. The highest BCUT2D eigenvalue weighted by atomic mass is 16.2. The molecule has 0 fully saturated rings. The van der Waals surface area contributed by atoms with Gasteiger partial charge in [-0.25, -0.2) is 0 Å². The molecule has 0 amide bonds. The number of benzene rings is 4. The van der Waals surface area contributed by atoms with Crippen LogP contribution in [0.3, 0.4) is 0 Å².